The summed E-state index contributed by atoms with van der Waals surface area (Å²) < 4.78 is 35.6. The standard InChI is InChI=1S/C23H22F2N4O3/c1-3-5-17-20(12-26)32-19-9-8-15(14-6-4-7-16(10-14)31-22(24)25)11-18(19)21(17)28-23(27)29(2)13-30/h3-13,21-22H,1,26H2,2H3,(H2,27,28)/b17-5?,20-12+. The van der Waals surface area contributed by atoms with Crippen molar-refractivity contribution in [3.05, 3.63) is 84.3 Å². The first-order valence-corrected chi connectivity index (χ1v) is 9.51. The van der Waals surface area contributed by atoms with Gasteiger partial charge in [-0.15, -0.1) is 0 Å². The summed E-state index contributed by atoms with van der Waals surface area (Å²) in [7, 11) is 1.48. The van der Waals surface area contributed by atoms with Crippen molar-refractivity contribution in [2.45, 2.75) is 12.7 Å². The molecule has 0 radical (unpaired) electrons. The number of amides is 1. The van der Waals surface area contributed by atoms with Crippen LogP contribution in [0.1, 0.15) is 11.6 Å². The fourth-order valence-corrected chi connectivity index (χ4v) is 3.21. The van der Waals surface area contributed by atoms with Gasteiger partial charge in [-0.1, -0.05) is 36.9 Å². The minimum Gasteiger partial charge on any atom is -0.455 e. The van der Waals surface area contributed by atoms with Gasteiger partial charge in [0, 0.05) is 24.4 Å². The minimum absolute atomic E-state index is 0.0121. The number of alkyl halides is 2. The van der Waals surface area contributed by atoms with Gasteiger partial charge in [-0.25, -0.2) is 4.99 Å². The fourth-order valence-electron chi connectivity index (χ4n) is 3.21. The van der Waals surface area contributed by atoms with E-state index in [2.05, 4.69) is 16.3 Å². The zero-order valence-electron chi connectivity index (χ0n) is 17.2. The van der Waals surface area contributed by atoms with Gasteiger partial charge in [0.2, 0.25) is 6.41 Å². The second-order valence-corrected chi connectivity index (χ2v) is 6.76. The topological polar surface area (TPSA) is 103 Å². The molecular weight excluding hydrogens is 418 g/mol. The third-order valence-electron chi connectivity index (χ3n) is 4.73. The minimum atomic E-state index is -2.92. The molecule has 3 rings (SSSR count). The van der Waals surface area contributed by atoms with Gasteiger partial charge >= 0.3 is 6.61 Å². The number of halogens is 2. The van der Waals surface area contributed by atoms with Crippen LogP contribution in [0.25, 0.3) is 11.1 Å². The molecule has 166 valence electrons. The fraction of sp³-hybridized carbons (Fsp3) is 0.130. The molecule has 32 heavy (non-hydrogen) atoms. The molecule has 1 unspecified atom stereocenters. The normalized spacial score (nSPS) is 18.2. The van der Waals surface area contributed by atoms with Crippen molar-refractivity contribution in [1.82, 2.24) is 4.90 Å². The summed E-state index contributed by atoms with van der Waals surface area (Å²) in [4.78, 5) is 16.8. The van der Waals surface area contributed by atoms with Crippen molar-refractivity contribution in [3.8, 4) is 22.6 Å². The Labute approximate surface area is 183 Å². The average Bonchev–Trinajstić information content (AvgIpc) is 2.79. The van der Waals surface area contributed by atoms with E-state index in [0.717, 1.165) is 4.90 Å². The van der Waals surface area contributed by atoms with Crippen LogP contribution in [0.3, 0.4) is 0 Å². The molecule has 9 heteroatoms. The van der Waals surface area contributed by atoms with Gasteiger partial charge in [0.05, 0.1) is 0 Å². The number of hydrogen-bond acceptors (Lipinski definition) is 5. The van der Waals surface area contributed by atoms with Crippen LogP contribution < -0.4 is 20.9 Å². The van der Waals surface area contributed by atoms with Crippen LogP contribution in [0.2, 0.25) is 0 Å². The largest absolute Gasteiger partial charge is 0.455 e. The molecule has 2 aromatic carbocycles. The molecule has 4 N–H and O–H groups in total. The molecule has 0 saturated carbocycles. The first-order chi connectivity index (χ1) is 15.4. The van der Waals surface area contributed by atoms with Crippen LogP contribution in [0.15, 0.2) is 83.7 Å². The van der Waals surface area contributed by atoms with Gasteiger partial charge in [0.15, 0.2) is 5.96 Å². The second-order valence-electron chi connectivity index (χ2n) is 6.76. The van der Waals surface area contributed by atoms with Crippen LogP contribution in [0, 0.1) is 0 Å². The van der Waals surface area contributed by atoms with E-state index >= 15 is 0 Å². The summed E-state index contributed by atoms with van der Waals surface area (Å²) in [5, 5.41) is 0. The van der Waals surface area contributed by atoms with E-state index in [-0.39, 0.29) is 11.7 Å². The molecule has 0 bridgehead atoms. The SMILES string of the molecule is C=CC=C1/C(=C\N)Oc2ccc(-c3cccc(OC(F)F)c3)cc2C1N=C(N)N(C)C=O. The summed E-state index contributed by atoms with van der Waals surface area (Å²) in [5.41, 5.74) is 14.3. The Morgan fingerprint density at radius 3 is 2.69 bits per heavy atom. The van der Waals surface area contributed by atoms with Gasteiger partial charge in [0.25, 0.3) is 0 Å². The molecule has 1 aliphatic rings. The van der Waals surface area contributed by atoms with Crippen LogP contribution in [-0.2, 0) is 4.79 Å². The molecule has 0 aliphatic carbocycles. The van der Waals surface area contributed by atoms with Crippen molar-refractivity contribution in [3.63, 3.8) is 0 Å². The number of benzene rings is 2. The van der Waals surface area contributed by atoms with E-state index < -0.39 is 12.7 Å². The van der Waals surface area contributed by atoms with Gasteiger partial charge in [-0.2, -0.15) is 8.78 Å². The Hall–Kier alpha value is -4.14. The van der Waals surface area contributed by atoms with Crippen molar-refractivity contribution in [1.29, 1.82) is 0 Å². The van der Waals surface area contributed by atoms with Crippen LogP contribution >= 0.6 is 0 Å². The number of nitrogens with two attached hydrogens (primary N) is 2. The van der Waals surface area contributed by atoms with E-state index in [1.54, 1.807) is 36.4 Å². The maximum Gasteiger partial charge on any atom is 0.387 e. The number of rotatable bonds is 6. The molecule has 1 aliphatic heterocycles. The number of fused-ring (bicyclic) bond motifs is 1. The third-order valence-corrected chi connectivity index (χ3v) is 4.73. The average molecular weight is 440 g/mol. The second kappa shape index (κ2) is 9.78. The van der Waals surface area contributed by atoms with Gasteiger partial charge < -0.3 is 20.9 Å². The van der Waals surface area contributed by atoms with Gasteiger partial charge in [0.1, 0.15) is 23.3 Å². The molecule has 7 nitrogen and oxygen atoms in total. The first-order valence-electron chi connectivity index (χ1n) is 9.51. The molecule has 1 heterocycles. The number of allylic oxidation sites excluding steroid dienone is 2. The summed E-state index contributed by atoms with van der Waals surface area (Å²) >= 11 is 0. The number of ether oxygens (including phenoxy) is 2. The first kappa shape index (κ1) is 22.5. The summed E-state index contributed by atoms with van der Waals surface area (Å²) in [6.07, 6.45) is 5.10. The highest BCUT2D eigenvalue weighted by Gasteiger charge is 2.30. The smallest absolute Gasteiger partial charge is 0.387 e. The predicted octanol–water partition coefficient (Wildman–Crippen LogP) is 3.70. The zero-order chi connectivity index (χ0) is 23.3. The summed E-state index contributed by atoms with van der Waals surface area (Å²) in [6.45, 7) is 0.797. The maximum absolute atomic E-state index is 12.6. The van der Waals surface area contributed by atoms with Crippen molar-refractivity contribution >= 4 is 12.4 Å². The molecule has 0 spiro atoms. The molecule has 1 atom stereocenters. The molecule has 2 aromatic rings. The van der Waals surface area contributed by atoms with Crippen LogP contribution in [0.5, 0.6) is 11.5 Å². The van der Waals surface area contributed by atoms with Crippen molar-refractivity contribution in [2.24, 2.45) is 16.5 Å². The highest BCUT2D eigenvalue weighted by Crippen LogP contribution is 2.44. The van der Waals surface area contributed by atoms with Crippen molar-refractivity contribution in [2.75, 3.05) is 7.05 Å². The zero-order valence-corrected chi connectivity index (χ0v) is 17.2. The molecule has 0 saturated heterocycles. The van der Waals surface area contributed by atoms with Gasteiger partial charge in [-0.3, -0.25) is 9.69 Å². The maximum atomic E-state index is 12.6. The lowest BCUT2D eigenvalue weighted by Gasteiger charge is -2.29. The Morgan fingerprint density at radius 1 is 1.28 bits per heavy atom. The van der Waals surface area contributed by atoms with E-state index in [1.165, 1.54) is 25.4 Å². The quantitative estimate of drug-likeness (QED) is 0.405. The van der Waals surface area contributed by atoms with E-state index in [0.29, 0.717) is 40.2 Å². The lowest BCUT2D eigenvalue weighted by molar-refractivity contribution is -0.114. The Bertz CT molecular complexity index is 1110. The number of guanidine groups is 1. The highest BCUT2D eigenvalue weighted by molar-refractivity contribution is 5.87. The number of nitrogens with zero attached hydrogens (tertiary/aromatic N) is 2. The molecular formula is C23H22F2N4O3. The Balaban J connectivity index is 2.15. The lowest BCUT2D eigenvalue weighted by atomic mass is 9.91. The Kier molecular flexibility index (Phi) is 6.89. The lowest BCUT2D eigenvalue weighted by Crippen LogP contribution is -2.34. The number of carbonyl (C=O) groups is 1. The van der Waals surface area contributed by atoms with E-state index in [9.17, 15) is 13.6 Å². The van der Waals surface area contributed by atoms with E-state index in [4.69, 9.17) is 16.2 Å². The summed E-state index contributed by atoms with van der Waals surface area (Å²) in [6, 6.07) is 11.0. The molecule has 1 amide bonds. The van der Waals surface area contributed by atoms with Crippen LogP contribution in [0.4, 0.5) is 8.78 Å². The third kappa shape index (κ3) is 4.77. The Morgan fingerprint density at radius 2 is 2.03 bits per heavy atom. The highest BCUT2D eigenvalue weighted by atomic mass is 19.3. The van der Waals surface area contributed by atoms with Crippen LogP contribution in [-0.4, -0.2) is 30.9 Å². The number of carbonyl (C=O) groups excluding carboxylic acids is 1. The molecule has 0 fully saturated rings. The molecule has 0 aromatic heterocycles. The van der Waals surface area contributed by atoms with Crippen molar-refractivity contribution < 1.29 is 23.0 Å². The predicted molar refractivity (Wildman–Crippen MR) is 118 cm³/mol. The monoisotopic (exact) mass is 440 g/mol. The number of aliphatic imine (C=N–C) groups is 1. The number of hydrogen-bond donors (Lipinski definition) is 2. The van der Waals surface area contributed by atoms with Gasteiger partial charge in [-0.05, 0) is 35.4 Å². The van der Waals surface area contributed by atoms with E-state index in [1.807, 2.05) is 6.07 Å². The summed E-state index contributed by atoms with van der Waals surface area (Å²) in [5.74, 6) is 0.884.